The number of hydrogen-bond acceptors (Lipinski definition) is 2. The van der Waals surface area contributed by atoms with Gasteiger partial charge in [0.05, 0.1) is 12.7 Å². The van der Waals surface area contributed by atoms with E-state index in [1.54, 1.807) is 6.07 Å². The summed E-state index contributed by atoms with van der Waals surface area (Å²) in [6, 6.07) is 5.59. The van der Waals surface area contributed by atoms with Gasteiger partial charge in [-0.3, -0.25) is 0 Å². The van der Waals surface area contributed by atoms with Gasteiger partial charge < -0.3 is 10.1 Å². The Labute approximate surface area is 99.5 Å². The lowest BCUT2D eigenvalue weighted by Gasteiger charge is -2.27. The Hall–Kier alpha value is -0.280. The smallest absolute Gasteiger partial charge is 0.0823 e. The Bertz CT molecular complexity index is 319. The minimum Gasteiger partial charge on any atom is -0.375 e. The van der Waals surface area contributed by atoms with Gasteiger partial charge in [-0.05, 0) is 30.2 Å². The maximum absolute atomic E-state index is 5.89. The zero-order valence-corrected chi connectivity index (χ0v) is 9.81. The molecule has 1 N–H and O–H groups in total. The van der Waals surface area contributed by atoms with E-state index in [-0.39, 0.29) is 0 Å². The summed E-state index contributed by atoms with van der Waals surface area (Å²) in [6.45, 7) is 2.66. The van der Waals surface area contributed by atoms with Crippen LogP contribution in [0.4, 0.5) is 0 Å². The standard InChI is InChI=1S/C11H13Cl2NO/c12-9-3-8(4-10(13)5-9)1-2-15-11-6-14-7-11/h3-5,11,14H,1-2,6-7H2. The molecule has 0 radical (unpaired) electrons. The Kier molecular flexibility index (Phi) is 3.87. The molecule has 0 aliphatic carbocycles. The van der Waals surface area contributed by atoms with Crippen LogP contribution in [-0.2, 0) is 11.2 Å². The van der Waals surface area contributed by atoms with Gasteiger partial charge in [0.15, 0.2) is 0 Å². The Morgan fingerprint density at radius 2 is 1.87 bits per heavy atom. The molecule has 0 aromatic heterocycles. The van der Waals surface area contributed by atoms with Gasteiger partial charge in [-0.2, -0.15) is 0 Å². The molecule has 0 spiro atoms. The lowest BCUT2D eigenvalue weighted by atomic mass is 10.1. The highest BCUT2D eigenvalue weighted by molar-refractivity contribution is 6.34. The first-order valence-electron chi connectivity index (χ1n) is 5.01. The van der Waals surface area contributed by atoms with E-state index < -0.39 is 0 Å². The van der Waals surface area contributed by atoms with E-state index in [0.29, 0.717) is 16.1 Å². The summed E-state index contributed by atoms with van der Waals surface area (Å²) < 4.78 is 5.61. The van der Waals surface area contributed by atoms with Crippen LogP contribution in [0.5, 0.6) is 0 Å². The van der Waals surface area contributed by atoms with Gasteiger partial charge in [0.1, 0.15) is 0 Å². The second-order valence-electron chi connectivity index (χ2n) is 3.68. The average Bonchev–Trinajstić information content (AvgIpc) is 2.07. The topological polar surface area (TPSA) is 21.3 Å². The molecule has 82 valence electrons. The van der Waals surface area contributed by atoms with Crippen LogP contribution in [0.15, 0.2) is 18.2 Å². The van der Waals surface area contributed by atoms with Gasteiger partial charge in [0.2, 0.25) is 0 Å². The van der Waals surface area contributed by atoms with Crippen molar-refractivity contribution in [3.05, 3.63) is 33.8 Å². The van der Waals surface area contributed by atoms with Gasteiger partial charge in [0.25, 0.3) is 0 Å². The fourth-order valence-corrected chi connectivity index (χ4v) is 2.05. The molecular formula is C11H13Cl2NO. The van der Waals surface area contributed by atoms with Crippen molar-refractivity contribution in [3.8, 4) is 0 Å². The fourth-order valence-electron chi connectivity index (χ4n) is 1.48. The Morgan fingerprint density at radius 1 is 1.20 bits per heavy atom. The monoisotopic (exact) mass is 245 g/mol. The number of benzene rings is 1. The van der Waals surface area contributed by atoms with Crippen molar-refractivity contribution >= 4 is 23.2 Å². The van der Waals surface area contributed by atoms with Gasteiger partial charge in [0, 0.05) is 23.1 Å². The van der Waals surface area contributed by atoms with E-state index in [0.717, 1.165) is 31.7 Å². The molecule has 2 nitrogen and oxygen atoms in total. The van der Waals surface area contributed by atoms with Gasteiger partial charge >= 0.3 is 0 Å². The maximum Gasteiger partial charge on any atom is 0.0823 e. The van der Waals surface area contributed by atoms with Crippen LogP contribution < -0.4 is 5.32 Å². The van der Waals surface area contributed by atoms with Crippen LogP contribution in [-0.4, -0.2) is 25.8 Å². The minimum atomic E-state index is 0.389. The quantitative estimate of drug-likeness (QED) is 0.881. The molecule has 1 saturated heterocycles. The predicted octanol–water partition coefficient (Wildman–Crippen LogP) is 2.52. The zero-order chi connectivity index (χ0) is 10.7. The molecule has 0 bridgehead atoms. The number of nitrogens with one attached hydrogen (secondary N) is 1. The molecule has 1 heterocycles. The van der Waals surface area contributed by atoms with E-state index in [1.807, 2.05) is 12.1 Å². The summed E-state index contributed by atoms with van der Waals surface area (Å²) in [7, 11) is 0. The Morgan fingerprint density at radius 3 is 2.40 bits per heavy atom. The maximum atomic E-state index is 5.89. The van der Waals surface area contributed by atoms with E-state index >= 15 is 0 Å². The summed E-state index contributed by atoms with van der Waals surface area (Å²) in [4.78, 5) is 0. The van der Waals surface area contributed by atoms with Gasteiger partial charge in [-0.1, -0.05) is 23.2 Å². The second kappa shape index (κ2) is 5.17. The van der Waals surface area contributed by atoms with Crippen molar-refractivity contribution in [1.82, 2.24) is 5.32 Å². The van der Waals surface area contributed by atoms with Crippen LogP contribution in [0.3, 0.4) is 0 Å². The zero-order valence-electron chi connectivity index (χ0n) is 8.30. The third-order valence-corrected chi connectivity index (χ3v) is 2.85. The first-order valence-corrected chi connectivity index (χ1v) is 5.77. The Balaban J connectivity index is 1.81. The van der Waals surface area contributed by atoms with E-state index in [4.69, 9.17) is 27.9 Å². The van der Waals surface area contributed by atoms with E-state index in [9.17, 15) is 0 Å². The predicted molar refractivity (Wildman–Crippen MR) is 62.8 cm³/mol. The fraction of sp³-hybridized carbons (Fsp3) is 0.455. The van der Waals surface area contributed by atoms with Crippen molar-refractivity contribution in [1.29, 1.82) is 0 Å². The van der Waals surface area contributed by atoms with Crippen LogP contribution in [0, 0.1) is 0 Å². The van der Waals surface area contributed by atoms with Crippen LogP contribution >= 0.6 is 23.2 Å². The summed E-state index contributed by atoms with van der Waals surface area (Å²) >= 11 is 11.8. The number of rotatable bonds is 4. The van der Waals surface area contributed by atoms with Crippen molar-refractivity contribution < 1.29 is 4.74 Å². The van der Waals surface area contributed by atoms with Gasteiger partial charge in [-0.25, -0.2) is 0 Å². The molecule has 15 heavy (non-hydrogen) atoms. The molecule has 1 aromatic carbocycles. The lowest BCUT2D eigenvalue weighted by molar-refractivity contribution is 0.0208. The number of ether oxygens (including phenoxy) is 1. The van der Waals surface area contributed by atoms with E-state index in [2.05, 4.69) is 5.32 Å². The third-order valence-electron chi connectivity index (χ3n) is 2.41. The average molecular weight is 246 g/mol. The third kappa shape index (κ3) is 3.35. The summed E-state index contributed by atoms with van der Waals surface area (Å²) in [5.74, 6) is 0. The van der Waals surface area contributed by atoms with Crippen molar-refractivity contribution in [2.45, 2.75) is 12.5 Å². The molecule has 2 rings (SSSR count). The molecule has 0 amide bonds. The molecular weight excluding hydrogens is 233 g/mol. The largest absolute Gasteiger partial charge is 0.375 e. The molecule has 0 saturated carbocycles. The molecule has 4 heteroatoms. The van der Waals surface area contributed by atoms with Crippen LogP contribution in [0.2, 0.25) is 10.0 Å². The number of hydrogen-bond donors (Lipinski definition) is 1. The second-order valence-corrected chi connectivity index (χ2v) is 4.55. The normalized spacial score (nSPS) is 16.4. The molecule has 1 aromatic rings. The lowest BCUT2D eigenvalue weighted by Crippen LogP contribution is -2.48. The summed E-state index contributed by atoms with van der Waals surface area (Å²) in [5, 5.41) is 4.53. The highest BCUT2D eigenvalue weighted by Crippen LogP contribution is 2.19. The molecule has 1 aliphatic heterocycles. The van der Waals surface area contributed by atoms with Crippen molar-refractivity contribution in [2.24, 2.45) is 0 Å². The summed E-state index contributed by atoms with van der Waals surface area (Å²) in [5.41, 5.74) is 1.12. The van der Waals surface area contributed by atoms with Crippen molar-refractivity contribution in [3.63, 3.8) is 0 Å². The van der Waals surface area contributed by atoms with Crippen LogP contribution in [0.1, 0.15) is 5.56 Å². The molecule has 0 unspecified atom stereocenters. The van der Waals surface area contributed by atoms with Crippen LogP contribution in [0.25, 0.3) is 0 Å². The van der Waals surface area contributed by atoms with Gasteiger partial charge in [-0.15, -0.1) is 0 Å². The molecule has 1 fully saturated rings. The minimum absolute atomic E-state index is 0.389. The van der Waals surface area contributed by atoms with Crippen molar-refractivity contribution in [2.75, 3.05) is 19.7 Å². The number of halogens is 2. The highest BCUT2D eigenvalue weighted by Gasteiger charge is 2.16. The first kappa shape index (κ1) is 11.2. The first-order chi connectivity index (χ1) is 7.24. The highest BCUT2D eigenvalue weighted by atomic mass is 35.5. The SMILES string of the molecule is Clc1cc(Cl)cc(CCOC2CNC2)c1. The van der Waals surface area contributed by atoms with E-state index in [1.165, 1.54) is 0 Å². The summed E-state index contributed by atoms with van der Waals surface area (Å²) in [6.07, 6.45) is 1.25. The molecule has 1 aliphatic rings. The molecule has 0 atom stereocenters.